The highest BCUT2D eigenvalue weighted by atomic mass is 19.1. The average Bonchev–Trinajstić information content (AvgIpc) is 3.29. The predicted octanol–water partition coefficient (Wildman–Crippen LogP) is 3.61. The number of esters is 1. The maximum Gasteiger partial charge on any atom is 0.337 e. The number of ether oxygens (including phenoxy) is 1. The van der Waals surface area contributed by atoms with Crippen LogP contribution in [-0.4, -0.2) is 24.9 Å². The maximum absolute atomic E-state index is 13.2. The molecule has 0 spiro atoms. The van der Waals surface area contributed by atoms with Crippen molar-refractivity contribution >= 4 is 29.5 Å². The van der Waals surface area contributed by atoms with Crippen LogP contribution in [0.4, 0.5) is 10.1 Å². The SMILES string of the molecule is COC(=O)c1cccc(NC(=O)/C(=C/c2ccc(F)cc2)NC(=O)c2ccco2)c1. The Hall–Kier alpha value is -4.20. The van der Waals surface area contributed by atoms with Crippen molar-refractivity contribution in [2.45, 2.75) is 0 Å². The number of rotatable bonds is 6. The summed E-state index contributed by atoms with van der Waals surface area (Å²) >= 11 is 0. The number of hydrogen-bond donors (Lipinski definition) is 2. The first kappa shape index (κ1) is 20.5. The average molecular weight is 408 g/mol. The monoisotopic (exact) mass is 408 g/mol. The Morgan fingerprint density at radius 3 is 2.47 bits per heavy atom. The van der Waals surface area contributed by atoms with E-state index in [0.29, 0.717) is 11.3 Å². The molecule has 1 aromatic heterocycles. The van der Waals surface area contributed by atoms with E-state index < -0.39 is 23.6 Å². The number of carbonyl (C=O) groups is 3. The van der Waals surface area contributed by atoms with Crippen LogP contribution in [0.15, 0.2) is 77.0 Å². The summed E-state index contributed by atoms with van der Waals surface area (Å²) in [6, 6.07) is 14.5. The van der Waals surface area contributed by atoms with Gasteiger partial charge in [0, 0.05) is 5.69 Å². The number of nitrogens with one attached hydrogen (secondary N) is 2. The van der Waals surface area contributed by atoms with E-state index in [1.54, 1.807) is 12.1 Å². The van der Waals surface area contributed by atoms with E-state index in [4.69, 9.17) is 4.42 Å². The first-order valence-electron chi connectivity index (χ1n) is 8.78. The van der Waals surface area contributed by atoms with Gasteiger partial charge in [0.2, 0.25) is 0 Å². The molecule has 0 fully saturated rings. The zero-order chi connectivity index (χ0) is 21.5. The highest BCUT2D eigenvalue weighted by Crippen LogP contribution is 2.14. The van der Waals surface area contributed by atoms with Crippen LogP contribution in [-0.2, 0) is 9.53 Å². The number of benzene rings is 2. The molecule has 3 aromatic rings. The second kappa shape index (κ2) is 9.33. The third-order valence-electron chi connectivity index (χ3n) is 3.96. The Bertz CT molecular complexity index is 1090. The van der Waals surface area contributed by atoms with E-state index in [0.717, 1.165) is 0 Å². The van der Waals surface area contributed by atoms with Crippen LogP contribution in [0, 0.1) is 5.82 Å². The molecule has 7 nitrogen and oxygen atoms in total. The molecule has 30 heavy (non-hydrogen) atoms. The van der Waals surface area contributed by atoms with Crippen LogP contribution >= 0.6 is 0 Å². The van der Waals surface area contributed by atoms with Crippen molar-refractivity contribution < 1.29 is 27.9 Å². The van der Waals surface area contributed by atoms with Gasteiger partial charge in [-0.1, -0.05) is 18.2 Å². The van der Waals surface area contributed by atoms with Gasteiger partial charge >= 0.3 is 5.97 Å². The second-order valence-corrected chi connectivity index (χ2v) is 6.07. The summed E-state index contributed by atoms with van der Waals surface area (Å²) in [4.78, 5) is 36.9. The van der Waals surface area contributed by atoms with Gasteiger partial charge in [-0.05, 0) is 54.1 Å². The third-order valence-corrected chi connectivity index (χ3v) is 3.96. The highest BCUT2D eigenvalue weighted by molar-refractivity contribution is 6.10. The minimum atomic E-state index is -0.652. The molecule has 0 aliphatic rings. The van der Waals surface area contributed by atoms with Gasteiger partial charge in [0.15, 0.2) is 5.76 Å². The first-order valence-corrected chi connectivity index (χ1v) is 8.78. The van der Waals surface area contributed by atoms with Gasteiger partial charge in [0.25, 0.3) is 11.8 Å². The topological polar surface area (TPSA) is 97.6 Å². The number of hydrogen-bond acceptors (Lipinski definition) is 5. The highest BCUT2D eigenvalue weighted by Gasteiger charge is 2.17. The summed E-state index contributed by atoms with van der Waals surface area (Å²) < 4.78 is 22.9. The maximum atomic E-state index is 13.2. The molecule has 2 N–H and O–H groups in total. The Morgan fingerprint density at radius 2 is 1.80 bits per heavy atom. The zero-order valence-corrected chi connectivity index (χ0v) is 15.8. The Balaban J connectivity index is 1.87. The van der Waals surface area contributed by atoms with E-state index in [2.05, 4.69) is 15.4 Å². The fraction of sp³-hybridized carbons (Fsp3) is 0.0455. The number of anilines is 1. The van der Waals surface area contributed by atoms with Gasteiger partial charge in [-0.2, -0.15) is 0 Å². The molecule has 0 radical (unpaired) electrons. The Morgan fingerprint density at radius 1 is 1.03 bits per heavy atom. The van der Waals surface area contributed by atoms with Crippen molar-refractivity contribution in [3.05, 3.63) is 95.3 Å². The molecule has 0 aliphatic heterocycles. The molecular formula is C22H17FN2O5. The lowest BCUT2D eigenvalue weighted by atomic mass is 10.1. The first-order chi connectivity index (χ1) is 14.5. The van der Waals surface area contributed by atoms with Gasteiger partial charge in [0.05, 0.1) is 18.9 Å². The molecular weight excluding hydrogens is 391 g/mol. The summed E-state index contributed by atoms with van der Waals surface area (Å²) in [5.41, 5.74) is 0.954. The van der Waals surface area contributed by atoms with Crippen LogP contribution in [0.3, 0.4) is 0 Å². The van der Waals surface area contributed by atoms with Crippen LogP contribution in [0.2, 0.25) is 0 Å². The molecule has 3 rings (SSSR count). The minimum absolute atomic E-state index is 0.0143. The van der Waals surface area contributed by atoms with E-state index in [1.807, 2.05) is 0 Å². The van der Waals surface area contributed by atoms with Gasteiger partial charge in [0.1, 0.15) is 11.5 Å². The van der Waals surface area contributed by atoms with Crippen molar-refractivity contribution in [1.82, 2.24) is 5.32 Å². The normalized spacial score (nSPS) is 10.9. The number of halogens is 1. The van der Waals surface area contributed by atoms with E-state index in [-0.39, 0.29) is 17.0 Å². The summed E-state index contributed by atoms with van der Waals surface area (Å²) in [6.45, 7) is 0. The predicted molar refractivity (Wildman–Crippen MR) is 107 cm³/mol. The van der Waals surface area contributed by atoms with Crippen molar-refractivity contribution in [3.63, 3.8) is 0 Å². The van der Waals surface area contributed by atoms with Gasteiger partial charge in [-0.25, -0.2) is 9.18 Å². The summed E-state index contributed by atoms with van der Waals surface area (Å²) in [5.74, 6) is -2.26. The lowest BCUT2D eigenvalue weighted by Gasteiger charge is -2.11. The number of methoxy groups -OCH3 is 1. The number of carbonyl (C=O) groups excluding carboxylic acids is 3. The van der Waals surface area contributed by atoms with Crippen molar-refractivity contribution in [3.8, 4) is 0 Å². The minimum Gasteiger partial charge on any atom is -0.465 e. The van der Waals surface area contributed by atoms with E-state index >= 15 is 0 Å². The summed E-state index contributed by atoms with van der Waals surface area (Å²) in [6.07, 6.45) is 2.72. The summed E-state index contributed by atoms with van der Waals surface area (Å²) in [5, 5.41) is 5.09. The van der Waals surface area contributed by atoms with Crippen LogP contribution in [0.5, 0.6) is 0 Å². The lowest BCUT2D eigenvalue weighted by molar-refractivity contribution is -0.113. The van der Waals surface area contributed by atoms with Gasteiger partial charge in [-0.15, -0.1) is 0 Å². The van der Waals surface area contributed by atoms with Crippen molar-refractivity contribution in [1.29, 1.82) is 0 Å². The molecule has 2 aromatic carbocycles. The summed E-state index contributed by atoms with van der Waals surface area (Å²) in [7, 11) is 1.25. The fourth-order valence-electron chi connectivity index (χ4n) is 2.52. The molecule has 0 unspecified atom stereocenters. The van der Waals surface area contributed by atoms with Crippen LogP contribution in [0.25, 0.3) is 6.08 Å². The second-order valence-electron chi connectivity index (χ2n) is 6.07. The molecule has 1 heterocycles. The molecule has 0 saturated heterocycles. The molecule has 0 saturated carbocycles. The fourth-order valence-corrected chi connectivity index (χ4v) is 2.52. The standard InChI is InChI=1S/C22H17FN2O5/c1-29-22(28)15-4-2-5-17(13-15)24-20(26)18(12-14-7-9-16(23)10-8-14)25-21(27)19-6-3-11-30-19/h2-13H,1H3,(H,24,26)(H,25,27)/b18-12-. The van der Waals surface area contributed by atoms with E-state index in [9.17, 15) is 18.8 Å². The van der Waals surface area contributed by atoms with Gasteiger partial charge < -0.3 is 19.8 Å². The molecule has 8 heteroatoms. The molecule has 2 amide bonds. The van der Waals surface area contributed by atoms with Crippen LogP contribution in [0.1, 0.15) is 26.5 Å². The van der Waals surface area contributed by atoms with Crippen molar-refractivity contribution in [2.75, 3.05) is 12.4 Å². The smallest absolute Gasteiger partial charge is 0.337 e. The molecule has 0 bridgehead atoms. The number of furan rings is 1. The van der Waals surface area contributed by atoms with Crippen molar-refractivity contribution in [2.24, 2.45) is 0 Å². The molecule has 0 atom stereocenters. The number of amides is 2. The zero-order valence-electron chi connectivity index (χ0n) is 15.8. The van der Waals surface area contributed by atoms with Gasteiger partial charge in [-0.3, -0.25) is 9.59 Å². The molecule has 152 valence electrons. The lowest BCUT2D eigenvalue weighted by Crippen LogP contribution is -2.30. The quantitative estimate of drug-likeness (QED) is 0.480. The Kier molecular flexibility index (Phi) is 6.39. The van der Waals surface area contributed by atoms with E-state index in [1.165, 1.54) is 68.0 Å². The molecule has 0 aliphatic carbocycles. The van der Waals surface area contributed by atoms with Crippen LogP contribution < -0.4 is 10.6 Å². The Labute approximate surface area is 171 Å². The largest absolute Gasteiger partial charge is 0.465 e. The third kappa shape index (κ3) is 5.20.